The van der Waals surface area contributed by atoms with Gasteiger partial charge in [0, 0.05) is 5.57 Å². The van der Waals surface area contributed by atoms with Crippen LogP contribution in [0.15, 0.2) is 24.3 Å². The van der Waals surface area contributed by atoms with Crippen molar-refractivity contribution in [3.8, 4) is 0 Å². The fraction of sp³-hybridized carbons (Fsp3) is 0.333. The Labute approximate surface area is 76.2 Å². The molecular weight excluding hydrogens is 172 g/mol. The van der Waals surface area contributed by atoms with Crippen molar-refractivity contribution in [3.05, 3.63) is 24.3 Å². The zero-order chi connectivity index (χ0) is 10.4. The molecular formula is C9H12O4. The van der Waals surface area contributed by atoms with Gasteiger partial charge in [-0.3, -0.25) is 4.79 Å². The van der Waals surface area contributed by atoms with Crippen LogP contribution in [0.1, 0.15) is 13.3 Å². The molecule has 2 N–H and O–H groups in total. The molecule has 0 saturated carbocycles. The lowest BCUT2D eigenvalue weighted by atomic mass is 10.0. The fourth-order valence-electron chi connectivity index (χ4n) is 0.797. The first-order valence-electron chi connectivity index (χ1n) is 3.82. The summed E-state index contributed by atoms with van der Waals surface area (Å²) >= 11 is 0. The van der Waals surface area contributed by atoms with Gasteiger partial charge in [0.05, 0.1) is 5.92 Å². The van der Waals surface area contributed by atoms with Crippen molar-refractivity contribution in [1.82, 2.24) is 0 Å². The summed E-state index contributed by atoms with van der Waals surface area (Å²) in [5.74, 6) is -3.11. The number of carbonyl (C=O) groups is 2. The Morgan fingerprint density at radius 1 is 1.46 bits per heavy atom. The van der Waals surface area contributed by atoms with Crippen LogP contribution < -0.4 is 0 Å². The lowest BCUT2D eigenvalue weighted by Gasteiger charge is -2.02. The molecule has 0 spiro atoms. The average molecular weight is 184 g/mol. The first-order valence-corrected chi connectivity index (χ1v) is 3.82. The van der Waals surface area contributed by atoms with E-state index in [0.717, 1.165) is 0 Å². The lowest BCUT2D eigenvalue weighted by Crippen LogP contribution is -2.10. The molecule has 1 unspecified atom stereocenters. The zero-order valence-electron chi connectivity index (χ0n) is 7.36. The van der Waals surface area contributed by atoms with Crippen molar-refractivity contribution >= 4 is 11.9 Å². The predicted octanol–water partition coefficient (Wildman–Crippen LogP) is 1.29. The minimum Gasteiger partial charge on any atom is -0.481 e. The Kier molecular flexibility index (Phi) is 4.51. The highest BCUT2D eigenvalue weighted by Crippen LogP contribution is 2.08. The molecule has 13 heavy (non-hydrogen) atoms. The van der Waals surface area contributed by atoms with E-state index in [1.807, 2.05) is 0 Å². The molecule has 0 rings (SSSR count). The van der Waals surface area contributed by atoms with E-state index in [4.69, 9.17) is 10.2 Å². The Morgan fingerprint density at radius 3 is 2.23 bits per heavy atom. The molecule has 0 fully saturated rings. The van der Waals surface area contributed by atoms with Crippen molar-refractivity contribution in [2.45, 2.75) is 13.3 Å². The Bertz CT molecular complexity index is 252. The topological polar surface area (TPSA) is 74.6 Å². The SMILES string of the molecule is C=CC(C=C(CC)C(=O)O)C(=O)O. The number of hydrogen-bond acceptors (Lipinski definition) is 2. The highest BCUT2D eigenvalue weighted by atomic mass is 16.4. The maximum atomic E-state index is 10.5. The number of rotatable bonds is 5. The van der Waals surface area contributed by atoms with E-state index in [9.17, 15) is 9.59 Å². The van der Waals surface area contributed by atoms with Crippen LogP contribution in [0, 0.1) is 5.92 Å². The van der Waals surface area contributed by atoms with Gasteiger partial charge in [0.2, 0.25) is 0 Å². The van der Waals surface area contributed by atoms with E-state index < -0.39 is 17.9 Å². The van der Waals surface area contributed by atoms with E-state index in [1.165, 1.54) is 12.2 Å². The highest BCUT2D eigenvalue weighted by Gasteiger charge is 2.13. The van der Waals surface area contributed by atoms with Crippen molar-refractivity contribution in [2.75, 3.05) is 0 Å². The van der Waals surface area contributed by atoms with E-state index in [2.05, 4.69) is 6.58 Å². The van der Waals surface area contributed by atoms with E-state index in [-0.39, 0.29) is 5.57 Å². The van der Waals surface area contributed by atoms with Gasteiger partial charge in [-0.05, 0) is 6.42 Å². The molecule has 0 radical (unpaired) electrons. The summed E-state index contributed by atoms with van der Waals surface area (Å²) in [5.41, 5.74) is 0.0901. The first-order chi connectivity index (χ1) is 6.02. The van der Waals surface area contributed by atoms with Gasteiger partial charge in [0.25, 0.3) is 0 Å². The van der Waals surface area contributed by atoms with Gasteiger partial charge in [-0.1, -0.05) is 19.1 Å². The zero-order valence-corrected chi connectivity index (χ0v) is 7.36. The third-order valence-corrected chi connectivity index (χ3v) is 1.58. The second-order valence-electron chi connectivity index (χ2n) is 2.45. The summed E-state index contributed by atoms with van der Waals surface area (Å²) in [4.78, 5) is 21.0. The molecule has 0 saturated heterocycles. The Balaban J connectivity index is 4.74. The van der Waals surface area contributed by atoms with Gasteiger partial charge in [-0.15, -0.1) is 6.58 Å². The standard InChI is InChI=1S/C9H12O4/c1-3-6(8(10)11)5-7(4-2)9(12)13/h3,5-6H,1,4H2,2H3,(H,10,11)(H,12,13). The van der Waals surface area contributed by atoms with Crippen LogP contribution in [0.5, 0.6) is 0 Å². The second kappa shape index (κ2) is 5.13. The van der Waals surface area contributed by atoms with Gasteiger partial charge in [0.1, 0.15) is 0 Å². The molecule has 0 aliphatic heterocycles. The Morgan fingerprint density at radius 2 is 2.00 bits per heavy atom. The first kappa shape index (κ1) is 11.4. The van der Waals surface area contributed by atoms with Crippen LogP contribution in [0.2, 0.25) is 0 Å². The Hall–Kier alpha value is -1.58. The molecule has 0 aromatic carbocycles. The van der Waals surface area contributed by atoms with Gasteiger partial charge >= 0.3 is 11.9 Å². The summed E-state index contributed by atoms with van der Waals surface area (Å²) in [5, 5.41) is 17.2. The number of hydrogen-bond donors (Lipinski definition) is 2. The number of carboxylic acid groups (broad SMARTS) is 2. The molecule has 0 aliphatic rings. The quantitative estimate of drug-likeness (QED) is 0.498. The molecule has 0 heterocycles. The fourth-order valence-corrected chi connectivity index (χ4v) is 0.797. The summed E-state index contributed by atoms with van der Waals surface area (Å²) in [6, 6.07) is 0. The summed E-state index contributed by atoms with van der Waals surface area (Å²) in [6.45, 7) is 4.97. The highest BCUT2D eigenvalue weighted by molar-refractivity contribution is 5.88. The summed E-state index contributed by atoms with van der Waals surface area (Å²) in [6.07, 6.45) is 2.69. The minimum absolute atomic E-state index is 0.0901. The number of carboxylic acids is 2. The second-order valence-corrected chi connectivity index (χ2v) is 2.45. The van der Waals surface area contributed by atoms with Crippen molar-refractivity contribution in [2.24, 2.45) is 5.92 Å². The third-order valence-electron chi connectivity index (χ3n) is 1.58. The van der Waals surface area contributed by atoms with Crippen LogP contribution >= 0.6 is 0 Å². The summed E-state index contributed by atoms with van der Waals surface area (Å²) < 4.78 is 0. The number of aliphatic carboxylic acids is 2. The molecule has 0 aromatic heterocycles. The molecule has 1 atom stereocenters. The molecule has 0 bridgehead atoms. The maximum Gasteiger partial charge on any atom is 0.331 e. The molecule has 0 aromatic rings. The molecule has 4 heteroatoms. The van der Waals surface area contributed by atoms with Crippen LogP contribution in [0.3, 0.4) is 0 Å². The predicted molar refractivity (Wildman–Crippen MR) is 47.3 cm³/mol. The van der Waals surface area contributed by atoms with Gasteiger partial charge < -0.3 is 10.2 Å². The monoisotopic (exact) mass is 184 g/mol. The molecule has 72 valence electrons. The maximum absolute atomic E-state index is 10.5. The average Bonchev–Trinajstić information content (AvgIpc) is 2.05. The van der Waals surface area contributed by atoms with Crippen LogP contribution in [-0.4, -0.2) is 22.2 Å². The molecule has 0 aliphatic carbocycles. The minimum atomic E-state index is -1.10. The van der Waals surface area contributed by atoms with Crippen LogP contribution in [0.4, 0.5) is 0 Å². The van der Waals surface area contributed by atoms with Crippen molar-refractivity contribution in [1.29, 1.82) is 0 Å². The van der Waals surface area contributed by atoms with Crippen LogP contribution in [0.25, 0.3) is 0 Å². The van der Waals surface area contributed by atoms with Crippen molar-refractivity contribution in [3.63, 3.8) is 0 Å². The largest absolute Gasteiger partial charge is 0.481 e. The van der Waals surface area contributed by atoms with Gasteiger partial charge in [0.15, 0.2) is 0 Å². The molecule has 4 nitrogen and oxygen atoms in total. The van der Waals surface area contributed by atoms with E-state index in [0.29, 0.717) is 6.42 Å². The lowest BCUT2D eigenvalue weighted by molar-refractivity contribution is -0.138. The smallest absolute Gasteiger partial charge is 0.331 e. The van der Waals surface area contributed by atoms with Gasteiger partial charge in [-0.2, -0.15) is 0 Å². The summed E-state index contributed by atoms with van der Waals surface area (Å²) in [7, 11) is 0. The van der Waals surface area contributed by atoms with Crippen LogP contribution in [-0.2, 0) is 9.59 Å². The van der Waals surface area contributed by atoms with E-state index >= 15 is 0 Å². The third kappa shape index (κ3) is 3.55. The van der Waals surface area contributed by atoms with E-state index in [1.54, 1.807) is 6.92 Å². The molecule has 0 amide bonds. The normalized spacial score (nSPS) is 13.5. The van der Waals surface area contributed by atoms with Crippen molar-refractivity contribution < 1.29 is 19.8 Å². The van der Waals surface area contributed by atoms with Gasteiger partial charge in [-0.25, -0.2) is 4.79 Å².